The maximum atomic E-state index is 14.6. The van der Waals surface area contributed by atoms with Gasteiger partial charge in [0.15, 0.2) is 0 Å². The lowest BCUT2D eigenvalue weighted by molar-refractivity contribution is -0.137. The predicted octanol–water partition coefficient (Wildman–Crippen LogP) is 4.55. The molecular formula is C16H15ClF4N2S. The van der Waals surface area contributed by atoms with Crippen LogP contribution in [0.15, 0.2) is 29.0 Å². The van der Waals surface area contributed by atoms with Gasteiger partial charge in [-0.05, 0) is 34.5 Å². The highest BCUT2D eigenvalue weighted by molar-refractivity contribution is 7.08. The van der Waals surface area contributed by atoms with Crippen molar-refractivity contribution in [3.63, 3.8) is 0 Å². The van der Waals surface area contributed by atoms with Gasteiger partial charge in [-0.3, -0.25) is 4.90 Å². The van der Waals surface area contributed by atoms with Gasteiger partial charge in [0.25, 0.3) is 0 Å². The van der Waals surface area contributed by atoms with Crippen molar-refractivity contribution < 1.29 is 17.6 Å². The Morgan fingerprint density at radius 1 is 1.21 bits per heavy atom. The molecule has 1 fully saturated rings. The zero-order valence-corrected chi connectivity index (χ0v) is 14.1. The maximum Gasteiger partial charge on any atom is 0.416 e. The van der Waals surface area contributed by atoms with Crippen molar-refractivity contribution in [2.24, 2.45) is 0 Å². The van der Waals surface area contributed by atoms with Crippen molar-refractivity contribution in [1.82, 2.24) is 10.2 Å². The highest BCUT2D eigenvalue weighted by atomic mass is 35.5. The van der Waals surface area contributed by atoms with E-state index in [1.165, 1.54) is 11.3 Å². The van der Waals surface area contributed by atoms with Gasteiger partial charge < -0.3 is 5.32 Å². The minimum Gasteiger partial charge on any atom is -0.314 e. The second-order valence-corrected chi connectivity index (χ2v) is 6.79. The van der Waals surface area contributed by atoms with Gasteiger partial charge in [-0.2, -0.15) is 24.5 Å². The van der Waals surface area contributed by atoms with Crippen LogP contribution >= 0.6 is 22.9 Å². The molecule has 1 atom stereocenters. The van der Waals surface area contributed by atoms with Crippen LogP contribution in [-0.4, -0.2) is 31.1 Å². The topological polar surface area (TPSA) is 15.3 Å². The van der Waals surface area contributed by atoms with E-state index in [9.17, 15) is 17.6 Å². The lowest BCUT2D eigenvalue weighted by Gasteiger charge is -2.35. The molecule has 24 heavy (non-hydrogen) atoms. The molecule has 0 amide bonds. The summed E-state index contributed by atoms with van der Waals surface area (Å²) in [6, 6.07) is 2.75. The Morgan fingerprint density at radius 3 is 2.50 bits per heavy atom. The molecule has 0 aliphatic carbocycles. The second kappa shape index (κ2) is 7.00. The number of hydrogen-bond acceptors (Lipinski definition) is 3. The number of benzene rings is 1. The average Bonchev–Trinajstić information content (AvgIpc) is 3.05. The smallest absolute Gasteiger partial charge is 0.314 e. The molecule has 0 radical (unpaired) electrons. The van der Waals surface area contributed by atoms with Gasteiger partial charge in [0, 0.05) is 31.7 Å². The van der Waals surface area contributed by atoms with Crippen molar-refractivity contribution in [3.05, 3.63) is 56.5 Å². The molecule has 0 saturated carbocycles. The van der Waals surface area contributed by atoms with Crippen LogP contribution in [0.2, 0.25) is 5.02 Å². The van der Waals surface area contributed by atoms with Gasteiger partial charge in [-0.1, -0.05) is 11.6 Å². The van der Waals surface area contributed by atoms with E-state index in [0.717, 1.165) is 11.6 Å². The Hall–Kier alpha value is -1.15. The van der Waals surface area contributed by atoms with Crippen molar-refractivity contribution in [2.45, 2.75) is 12.2 Å². The molecule has 3 rings (SSSR count). The van der Waals surface area contributed by atoms with Crippen LogP contribution in [0, 0.1) is 5.82 Å². The zero-order chi connectivity index (χ0) is 17.3. The fourth-order valence-corrected chi connectivity index (χ4v) is 3.84. The van der Waals surface area contributed by atoms with Crippen LogP contribution in [0.25, 0.3) is 0 Å². The minimum absolute atomic E-state index is 0.0323. The SMILES string of the molecule is Fc1c(Cl)cc(C(F)(F)F)cc1[C@H](c1ccsc1)N1CCNCC1. The fraction of sp³-hybridized carbons (Fsp3) is 0.375. The third-order valence-corrected chi connectivity index (χ3v) is 5.03. The largest absolute Gasteiger partial charge is 0.416 e. The summed E-state index contributed by atoms with van der Waals surface area (Å²) in [5, 5.41) is 6.35. The first-order chi connectivity index (χ1) is 11.4. The highest BCUT2D eigenvalue weighted by Gasteiger charge is 2.35. The summed E-state index contributed by atoms with van der Waals surface area (Å²) >= 11 is 7.19. The van der Waals surface area contributed by atoms with Gasteiger partial charge in [0.05, 0.1) is 16.6 Å². The standard InChI is InChI=1S/C16H15ClF4N2S/c17-13-8-11(16(19,20)21)7-12(14(13)18)15(10-1-6-24-9-10)23-4-2-22-3-5-23/h1,6-9,15,22H,2-5H2/t15-/m0/s1. The van der Waals surface area contributed by atoms with Gasteiger partial charge in [0.2, 0.25) is 0 Å². The second-order valence-electron chi connectivity index (χ2n) is 5.60. The molecule has 0 bridgehead atoms. The van der Waals surface area contributed by atoms with Gasteiger partial charge >= 0.3 is 6.18 Å². The molecule has 130 valence electrons. The summed E-state index contributed by atoms with van der Waals surface area (Å²) in [7, 11) is 0. The number of nitrogens with one attached hydrogen (secondary N) is 1. The summed E-state index contributed by atoms with van der Waals surface area (Å²) < 4.78 is 54.0. The van der Waals surface area contributed by atoms with E-state index < -0.39 is 28.6 Å². The van der Waals surface area contributed by atoms with Gasteiger partial charge in [0.1, 0.15) is 5.82 Å². The normalized spacial score (nSPS) is 17.9. The van der Waals surface area contributed by atoms with E-state index in [-0.39, 0.29) is 5.56 Å². The first-order valence-electron chi connectivity index (χ1n) is 7.41. The van der Waals surface area contributed by atoms with E-state index in [1.54, 1.807) is 0 Å². The molecule has 1 aromatic carbocycles. The molecule has 0 spiro atoms. The molecular weight excluding hydrogens is 364 g/mol. The molecule has 1 aliphatic rings. The van der Waals surface area contributed by atoms with Crippen LogP contribution in [0.3, 0.4) is 0 Å². The summed E-state index contributed by atoms with van der Waals surface area (Å²) in [6.45, 7) is 2.64. The van der Waals surface area contributed by atoms with Crippen molar-refractivity contribution >= 4 is 22.9 Å². The van der Waals surface area contributed by atoms with E-state index in [4.69, 9.17) is 11.6 Å². The van der Waals surface area contributed by atoms with Crippen LogP contribution < -0.4 is 5.32 Å². The fourth-order valence-electron chi connectivity index (χ4n) is 2.93. The third-order valence-electron chi connectivity index (χ3n) is 4.05. The summed E-state index contributed by atoms with van der Waals surface area (Å²) in [5.41, 5.74) is -0.189. The van der Waals surface area contributed by atoms with Crippen LogP contribution in [0.5, 0.6) is 0 Å². The van der Waals surface area contributed by atoms with Gasteiger partial charge in [-0.25, -0.2) is 4.39 Å². The summed E-state index contributed by atoms with van der Waals surface area (Å²) in [5.74, 6) is -0.792. The number of alkyl halides is 3. The Morgan fingerprint density at radius 2 is 1.92 bits per heavy atom. The third kappa shape index (κ3) is 3.59. The number of thiophene rings is 1. The Bertz CT molecular complexity index is 697. The lowest BCUT2D eigenvalue weighted by Crippen LogP contribution is -2.45. The Labute approximate surface area is 146 Å². The van der Waals surface area contributed by atoms with E-state index in [1.807, 2.05) is 21.7 Å². The highest BCUT2D eigenvalue weighted by Crippen LogP contribution is 2.39. The molecule has 2 heterocycles. The maximum absolute atomic E-state index is 14.6. The van der Waals surface area contributed by atoms with Crippen molar-refractivity contribution in [1.29, 1.82) is 0 Å². The van der Waals surface area contributed by atoms with E-state index in [2.05, 4.69) is 5.32 Å². The Balaban J connectivity index is 2.12. The van der Waals surface area contributed by atoms with Crippen molar-refractivity contribution in [2.75, 3.05) is 26.2 Å². The van der Waals surface area contributed by atoms with E-state index >= 15 is 0 Å². The summed E-state index contributed by atoms with van der Waals surface area (Å²) in [6.07, 6.45) is -4.57. The number of rotatable bonds is 3. The predicted molar refractivity (Wildman–Crippen MR) is 87.0 cm³/mol. The quantitative estimate of drug-likeness (QED) is 0.788. The molecule has 1 N–H and O–H groups in total. The van der Waals surface area contributed by atoms with Crippen LogP contribution in [0.1, 0.15) is 22.7 Å². The number of piperazine rings is 1. The van der Waals surface area contributed by atoms with Crippen LogP contribution in [0.4, 0.5) is 17.6 Å². The van der Waals surface area contributed by atoms with Crippen LogP contribution in [-0.2, 0) is 6.18 Å². The first kappa shape index (κ1) is 17.7. The first-order valence-corrected chi connectivity index (χ1v) is 8.73. The molecule has 1 aliphatic heterocycles. The molecule has 1 aromatic heterocycles. The summed E-state index contributed by atoms with van der Waals surface area (Å²) in [4.78, 5) is 1.98. The van der Waals surface area contributed by atoms with Crippen molar-refractivity contribution in [3.8, 4) is 0 Å². The van der Waals surface area contributed by atoms with E-state index in [0.29, 0.717) is 32.2 Å². The molecule has 2 aromatic rings. The average molecular weight is 379 g/mol. The molecule has 8 heteroatoms. The lowest BCUT2D eigenvalue weighted by atomic mass is 9.96. The zero-order valence-electron chi connectivity index (χ0n) is 12.5. The molecule has 0 unspecified atom stereocenters. The Kier molecular flexibility index (Phi) is 5.15. The monoisotopic (exact) mass is 378 g/mol. The van der Waals surface area contributed by atoms with Gasteiger partial charge in [-0.15, -0.1) is 0 Å². The minimum atomic E-state index is -4.57. The number of nitrogens with zero attached hydrogens (tertiary/aromatic N) is 1. The molecule has 2 nitrogen and oxygen atoms in total. The number of hydrogen-bond donors (Lipinski definition) is 1. The number of halogens is 5. The molecule has 1 saturated heterocycles.